The van der Waals surface area contributed by atoms with E-state index in [1.807, 2.05) is 0 Å². The van der Waals surface area contributed by atoms with Gasteiger partial charge in [0.05, 0.1) is 16.8 Å². The van der Waals surface area contributed by atoms with Crippen molar-refractivity contribution in [2.75, 3.05) is 24.6 Å². The zero-order valence-electron chi connectivity index (χ0n) is 10.3. The maximum Gasteiger partial charge on any atom is 0.216 e. The summed E-state index contributed by atoms with van der Waals surface area (Å²) in [5.41, 5.74) is 0. The average molecular weight is 296 g/mol. The van der Waals surface area contributed by atoms with E-state index >= 15 is 0 Å². The van der Waals surface area contributed by atoms with Crippen LogP contribution < -0.4 is 10.0 Å². The molecule has 2 rings (SSSR count). The minimum atomic E-state index is -3.41. The second-order valence-electron chi connectivity index (χ2n) is 5.08. The number of sulfone groups is 1. The molecule has 2 heterocycles. The van der Waals surface area contributed by atoms with Crippen LogP contribution in [0.2, 0.25) is 0 Å². The summed E-state index contributed by atoms with van der Waals surface area (Å²) in [6.45, 7) is 1.30. The van der Waals surface area contributed by atoms with Crippen LogP contribution in [0.1, 0.15) is 25.7 Å². The summed E-state index contributed by atoms with van der Waals surface area (Å²) in [4.78, 5) is 0. The maximum atomic E-state index is 12.1. The molecule has 0 bridgehead atoms. The van der Waals surface area contributed by atoms with E-state index in [0.29, 0.717) is 25.8 Å². The number of hydrogen-bond donors (Lipinski definition) is 2. The highest BCUT2D eigenvalue weighted by Crippen LogP contribution is 2.16. The molecule has 0 aromatic heterocycles. The van der Waals surface area contributed by atoms with Gasteiger partial charge in [0.1, 0.15) is 0 Å². The smallest absolute Gasteiger partial charge is 0.216 e. The highest BCUT2D eigenvalue weighted by atomic mass is 32.2. The Hall–Kier alpha value is -0.180. The van der Waals surface area contributed by atoms with Gasteiger partial charge in [-0.05, 0) is 32.2 Å². The van der Waals surface area contributed by atoms with E-state index in [2.05, 4.69) is 10.0 Å². The van der Waals surface area contributed by atoms with Gasteiger partial charge in [0.2, 0.25) is 10.0 Å². The predicted octanol–water partition coefficient (Wildman–Crippen LogP) is -0.765. The van der Waals surface area contributed by atoms with E-state index in [1.54, 1.807) is 0 Å². The third-order valence-corrected chi connectivity index (χ3v) is 7.25. The summed E-state index contributed by atoms with van der Waals surface area (Å²) in [6, 6.07) is -0.448. The van der Waals surface area contributed by atoms with E-state index in [1.165, 1.54) is 0 Å². The lowest BCUT2D eigenvalue weighted by Crippen LogP contribution is -2.50. The van der Waals surface area contributed by atoms with E-state index in [4.69, 9.17) is 0 Å². The lowest BCUT2D eigenvalue weighted by atomic mass is 10.2. The Morgan fingerprint density at radius 3 is 2.56 bits per heavy atom. The van der Waals surface area contributed by atoms with Gasteiger partial charge < -0.3 is 5.32 Å². The number of hydrogen-bond acceptors (Lipinski definition) is 5. The molecule has 2 aliphatic heterocycles. The zero-order valence-corrected chi connectivity index (χ0v) is 11.9. The fourth-order valence-electron chi connectivity index (χ4n) is 2.53. The molecule has 0 aromatic rings. The van der Waals surface area contributed by atoms with E-state index in [9.17, 15) is 16.8 Å². The van der Waals surface area contributed by atoms with Crippen molar-refractivity contribution in [3.8, 4) is 0 Å². The molecule has 106 valence electrons. The van der Waals surface area contributed by atoms with Crippen molar-refractivity contribution in [1.29, 1.82) is 0 Å². The summed E-state index contributed by atoms with van der Waals surface area (Å²) in [6.07, 6.45) is 2.63. The van der Waals surface area contributed by atoms with Crippen LogP contribution in [0.25, 0.3) is 0 Å². The second kappa shape index (κ2) is 5.44. The summed E-state index contributed by atoms with van der Waals surface area (Å²) in [5.74, 6) is 0.114. The Bertz CT molecular complexity index is 480. The topological polar surface area (TPSA) is 92.3 Å². The minimum absolute atomic E-state index is 0.0631. The predicted molar refractivity (Wildman–Crippen MR) is 69.6 cm³/mol. The van der Waals surface area contributed by atoms with Crippen molar-refractivity contribution in [2.45, 2.75) is 37.0 Å². The molecule has 2 saturated heterocycles. The fraction of sp³-hybridized carbons (Fsp3) is 1.00. The molecule has 2 fully saturated rings. The minimum Gasteiger partial charge on any atom is -0.315 e. The molecule has 0 amide bonds. The zero-order chi connectivity index (χ0) is 13.2. The van der Waals surface area contributed by atoms with Crippen LogP contribution in [0.4, 0.5) is 0 Å². The molecule has 2 aliphatic rings. The van der Waals surface area contributed by atoms with Gasteiger partial charge in [-0.15, -0.1) is 0 Å². The molecule has 0 radical (unpaired) electrons. The Morgan fingerprint density at radius 2 is 1.94 bits per heavy atom. The lowest BCUT2D eigenvalue weighted by Gasteiger charge is -2.28. The van der Waals surface area contributed by atoms with Crippen LogP contribution in [0, 0.1) is 0 Å². The van der Waals surface area contributed by atoms with Crippen LogP contribution in [-0.2, 0) is 19.9 Å². The van der Waals surface area contributed by atoms with Crippen molar-refractivity contribution in [3.05, 3.63) is 0 Å². The van der Waals surface area contributed by atoms with E-state index in [0.717, 1.165) is 13.0 Å². The van der Waals surface area contributed by atoms with Crippen molar-refractivity contribution < 1.29 is 16.8 Å². The molecule has 8 heteroatoms. The Morgan fingerprint density at radius 1 is 1.17 bits per heavy atom. The third-order valence-electron chi connectivity index (χ3n) is 3.48. The molecule has 18 heavy (non-hydrogen) atoms. The van der Waals surface area contributed by atoms with Gasteiger partial charge >= 0.3 is 0 Å². The van der Waals surface area contributed by atoms with E-state index < -0.39 is 31.2 Å². The maximum absolute atomic E-state index is 12.1. The standard InChI is InChI=1S/C10H20N2O4S2/c13-17(14)6-2-3-9(8-17)12-18(15,16)10-4-1-5-11-7-10/h9-12H,1-8H2. The molecule has 2 atom stereocenters. The van der Waals surface area contributed by atoms with Crippen molar-refractivity contribution in [3.63, 3.8) is 0 Å². The molecule has 0 spiro atoms. The number of nitrogens with one attached hydrogen (secondary N) is 2. The fourth-order valence-corrected chi connectivity index (χ4v) is 5.94. The molecular weight excluding hydrogens is 276 g/mol. The Labute approximate surface area is 108 Å². The van der Waals surface area contributed by atoms with Crippen LogP contribution in [0.3, 0.4) is 0 Å². The molecule has 6 nitrogen and oxygen atoms in total. The quantitative estimate of drug-likeness (QED) is 0.714. The first-order valence-corrected chi connectivity index (χ1v) is 9.68. The first-order valence-electron chi connectivity index (χ1n) is 6.31. The SMILES string of the molecule is O=S1(=O)CCCC(NS(=O)(=O)C2CCCNC2)C1. The third kappa shape index (κ3) is 3.66. The van der Waals surface area contributed by atoms with Gasteiger partial charge in [-0.25, -0.2) is 21.6 Å². The van der Waals surface area contributed by atoms with Crippen LogP contribution in [0.5, 0.6) is 0 Å². The molecule has 2 N–H and O–H groups in total. The Balaban J connectivity index is 1.99. The number of sulfonamides is 1. The largest absolute Gasteiger partial charge is 0.315 e. The summed E-state index contributed by atoms with van der Waals surface area (Å²) in [5, 5.41) is 2.62. The molecule has 0 aliphatic carbocycles. The highest BCUT2D eigenvalue weighted by Gasteiger charge is 2.32. The molecule has 0 saturated carbocycles. The summed E-state index contributed by atoms with van der Waals surface area (Å²) >= 11 is 0. The first kappa shape index (κ1) is 14.2. The van der Waals surface area contributed by atoms with Crippen molar-refractivity contribution >= 4 is 19.9 Å². The van der Waals surface area contributed by atoms with Crippen LogP contribution in [-0.4, -0.2) is 52.7 Å². The van der Waals surface area contributed by atoms with Crippen molar-refractivity contribution in [2.24, 2.45) is 0 Å². The number of piperidine rings is 1. The normalized spacial score (nSPS) is 33.1. The van der Waals surface area contributed by atoms with Crippen LogP contribution >= 0.6 is 0 Å². The van der Waals surface area contributed by atoms with Gasteiger partial charge in [0.25, 0.3) is 0 Å². The first-order chi connectivity index (χ1) is 8.39. The van der Waals surface area contributed by atoms with Gasteiger partial charge in [-0.2, -0.15) is 0 Å². The average Bonchev–Trinajstić information content (AvgIpc) is 2.28. The monoisotopic (exact) mass is 296 g/mol. The van der Waals surface area contributed by atoms with Crippen LogP contribution in [0.15, 0.2) is 0 Å². The summed E-state index contributed by atoms with van der Waals surface area (Å²) in [7, 11) is -6.49. The summed E-state index contributed by atoms with van der Waals surface area (Å²) < 4.78 is 49.8. The lowest BCUT2D eigenvalue weighted by molar-refractivity contribution is 0.475. The van der Waals surface area contributed by atoms with Gasteiger partial charge in [-0.1, -0.05) is 0 Å². The molecule has 0 aromatic carbocycles. The molecular formula is C10H20N2O4S2. The number of rotatable bonds is 3. The van der Waals surface area contributed by atoms with Crippen molar-refractivity contribution in [1.82, 2.24) is 10.0 Å². The van der Waals surface area contributed by atoms with Gasteiger partial charge in [0, 0.05) is 12.6 Å². The van der Waals surface area contributed by atoms with Gasteiger partial charge in [0.15, 0.2) is 9.84 Å². The van der Waals surface area contributed by atoms with Gasteiger partial charge in [-0.3, -0.25) is 0 Å². The second-order valence-corrected chi connectivity index (χ2v) is 9.31. The van der Waals surface area contributed by atoms with E-state index in [-0.39, 0.29) is 11.5 Å². The molecule has 2 unspecified atom stereocenters. The Kier molecular flexibility index (Phi) is 4.30. The highest BCUT2D eigenvalue weighted by molar-refractivity contribution is 7.91.